The van der Waals surface area contributed by atoms with Crippen molar-refractivity contribution >= 4 is 29.3 Å². The SMILES string of the molecule is COCCCN1C(=O)/C(=C\c2ccc(OC)c(COc3ccc(C)cc3)c2)NC1=S. The summed E-state index contributed by atoms with van der Waals surface area (Å²) < 4.78 is 16.4. The normalized spacial score (nSPS) is 14.9. The highest BCUT2D eigenvalue weighted by atomic mass is 32.1. The largest absolute Gasteiger partial charge is 0.496 e. The van der Waals surface area contributed by atoms with E-state index in [0.717, 1.165) is 29.0 Å². The molecular weight excluding hydrogens is 400 g/mol. The summed E-state index contributed by atoms with van der Waals surface area (Å²) in [4.78, 5) is 14.2. The standard InChI is InChI=1S/C23H26N2O4S/c1-16-5-8-19(9-6-16)29-15-18-13-17(7-10-21(18)28-3)14-20-22(26)25(23(30)24-20)11-4-12-27-2/h5-10,13-14H,4,11-12,15H2,1-3H3,(H,24,30)/b20-14+. The lowest BCUT2D eigenvalue weighted by Crippen LogP contribution is -2.32. The van der Waals surface area contributed by atoms with Crippen molar-refractivity contribution in [2.75, 3.05) is 27.4 Å². The van der Waals surface area contributed by atoms with Crippen molar-refractivity contribution in [2.45, 2.75) is 20.0 Å². The molecule has 0 radical (unpaired) electrons. The van der Waals surface area contributed by atoms with Crippen LogP contribution in [0.4, 0.5) is 0 Å². The molecule has 1 saturated heterocycles. The van der Waals surface area contributed by atoms with Crippen molar-refractivity contribution in [1.82, 2.24) is 10.2 Å². The Hall–Kier alpha value is -2.90. The number of aryl methyl sites for hydroxylation is 1. The fourth-order valence-electron chi connectivity index (χ4n) is 3.11. The molecule has 1 heterocycles. The minimum Gasteiger partial charge on any atom is -0.496 e. The summed E-state index contributed by atoms with van der Waals surface area (Å²) in [6.45, 7) is 3.49. The number of rotatable bonds is 9. The third-order valence-electron chi connectivity index (χ3n) is 4.72. The van der Waals surface area contributed by atoms with E-state index in [4.69, 9.17) is 26.4 Å². The average molecular weight is 427 g/mol. The number of amides is 1. The number of ether oxygens (including phenoxy) is 3. The van der Waals surface area contributed by atoms with Gasteiger partial charge in [0.25, 0.3) is 5.91 Å². The monoisotopic (exact) mass is 426 g/mol. The minimum atomic E-state index is -0.135. The maximum absolute atomic E-state index is 12.7. The second-order valence-electron chi connectivity index (χ2n) is 6.96. The topological polar surface area (TPSA) is 60.0 Å². The quantitative estimate of drug-likeness (QED) is 0.375. The van der Waals surface area contributed by atoms with E-state index in [9.17, 15) is 4.79 Å². The van der Waals surface area contributed by atoms with E-state index in [1.54, 1.807) is 25.2 Å². The van der Waals surface area contributed by atoms with E-state index in [1.807, 2.05) is 49.4 Å². The molecule has 158 valence electrons. The van der Waals surface area contributed by atoms with Crippen molar-refractivity contribution in [2.24, 2.45) is 0 Å². The first-order valence-corrected chi connectivity index (χ1v) is 10.1. The van der Waals surface area contributed by atoms with E-state index >= 15 is 0 Å². The Bertz CT molecular complexity index is 941. The number of methoxy groups -OCH3 is 2. The van der Waals surface area contributed by atoms with Crippen molar-refractivity contribution in [3.8, 4) is 11.5 Å². The molecule has 0 bridgehead atoms. The number of nitrogens with zero attached hydrogens (tertiary/aromatic N) is 1. The number of hydrogen-bond donors (Lipinski definition) is 1. The summed E-state index contributed by atoms with van der Waals surface area (Å²) >= 11 is 5.30. The van der Waals surface area contributed by atoms with Crippen molar-refractivity contribution in [3.63, 3.8) is 0 Å². The maximum atomic E-state index is 12.7. The molecule has 0 saturated carbocycles. The van der Waals surface area contributed by atoms with Gasteiger partial charge in [-0.05, 0) is 61.5 Å². The number of nitrogens with one attached hydrogen (secondary N) is 1. The summed E-state index contributed by atoms with van der Waals surface area (Å²) in [6.07, 6.45) is 2.51. The second kappa shape index (κ2) is 10.2. The van der Waals surface area contributed by atoms with Gasteiger partial charge in [0.1, 0.15) is 23.8 Å². The number of thiocarbonyl (C=S) groups is 1. The van der Waals surface area contributed by atoms with Gasteiger partial charge in [0.05, 0.1) is 7.11 Å². The van der Waals surface area contributed by atoms with Gasteiger partial charge < -0.3 is 19.5 Å². The van der Waals surface area contributed by atoms with Crippen LogP contribution < -0.4 is 14.8 Å². The Morgan fingerprint density at radius 2 is 1.90 bits per heavy atom. The number of carbonyl (C=O) groups excluding carboxylic acids is 1. The Morgan fingerprint density at radius 3 is 2.60 bits per heavy atom. The fourth-order valence-corrected chi connectivity index (χ4v) is 3.39. The molecule has 2 aromatic carbocycles. The van der Waals surface area contributed by atoms with Gasteiger partial charge in [-0.1, -0.05) is 23.8 Å². The zero-order chi connectivity index (χ0) is 21.5. The Kier molecular flexibility index (Phi) is 7.43. The summed E-state index contributed by atoms with van der Waals surface area (Å²) in [5.41, 5.74) is 3.37. The molecule has 0 spiro atoms. The highest BCUT2D eigenvalue weighted by molar-refractivity contribution is 7.80. The number of hydrogen-bond acceptors (Lipinski definition) is 5. The molecule has 1 aliphatic rings. The summed E-state index contributed by atoms with van der Waals surface area (Å²) in [5.74, 6) is 1.38. The zero-order valence-electron chi connectivity index (χ0n) is 17.4. The molecule has 2 aromatic rings. The fraction of sp³-hybridized carbons (Fsp3) is 0.304. The predicted molar refractivity (Wildman–Crippen MR) is 120 cm³/mol. The van der Waals surface area contributed by atoms with Gasteiger partial charge in [0.15, 0.2) is 5.11 Å². The molecule has 1 fully saturated rings. The smallest absolute Gasteiger partial charge is 0.276 e. The van der Waals surface area contributed by atoms with Crippen LogP contribution in [0.2, 0.25) is 0 Å². The van der Waals surface area contributed by atoms with Gasteiger partial charge in [-0.3, -0.25) is 9.69 Å². The molecule has 7 heteroatoms. The Labute approximate surface area is 182 Å². The minimum absolute atomic E-state index is 0.135. The average Bonchev–Trinajstić information content (AvgIpc) is 3.01. The van der Waals surface area contributed by atoms with E-state index in [1.165, 1.54) is 5.56 Å². The van der Waals surface area contributed by atoms with E-state index in [-0.39, 0.29) is 5.91 Å². The van der Waals surface area contributed by atoms with Crippen molar-refractivity contribution in [3.05, 3.63) is 64.9 Å². The van der Waals surface area contributed by atoms with Crippen LogP contribution in [-0.2, 0) is 16.1 Å². The van der Waals surface area contributed by atoms with E-state index in [2.05, 4.69) is 5.32 Å². The van der Waals surface area contributed by atoms with Gasteiger partial charge in [-0.25, -0.2) is 0 Å². The van der Waals surface area contributed by atoms with E-state index < -0.39 is 0 Å². The van der Waals surface area contributed by atoms with Crippen molar-refractivity contribution < 1.29 is 19.0 Å². The van der Waals surface area contributed by atoms with Gasteiger partial charge in [0.2, 0.25) is 0 Å². The van der Waals surface area contributed by atoms with Crippen LogP contribution in [0.25, 0.3) is 6.08 Å². The predicted octanol–water partition coefficient (Wildman–Crippen LogP) is 3.68. The molecule has 0 aliphatic carbocycles. The highest BCUT2D eigenvalue weighted by Gasteiger charge is 2.30. The number of benzene rings is 2. The third kappa shape index (κ3) is 5.37. The van der Waals surface area contributed by atoms with Gasteiger partial charge in [-0.15, -0.1) is 0 Å². The molecule has 30 heavy (non-hydrogen) atoms. The van der Waals surface area contributed by atoms with Crippen LogP contribution in [0.3, 0.4) is 0 Å². The van der Waals surface area contributed by atoms with Gasteiger partial charge >= 0.3 is 0 Å². The molecular formula is C23H26N2O4S. The summed E-state index contributed by atoms with van der Waals surface area (Å²) in [6, 6.07) is 13.6. The lowest BCUT2D eigenvalue weighted by molar-refractivity contribution is -0.122. The zero-order valence-corrected chi connectivity index (χ0v) is 18.3. The molecule has 0 unspecified atom stereocenters. The highest BCUT2D eigenvalue weighted by Crippen LogP contribution is 2.24. The molecule has 0 aromatic heterocycles. The lowest BCUT2D eigenvalue weighted by Gasteiger charge is -2.13. The molecule has 1 N–H and O–H groups in total. The first-order chi connectivity index (χ1) is 14.5. The van der Waals surface area contributed by atoms with Crippen LogP contribution >= 0.6 is 12.2 Å². The Balaban J connectivity index is 1.74. The molecule has 6 nitrogen and oxygen atoms in total. The van der Waals surface area contributed by atoms with Crippen LogP contribution in [0.1, 0.15) is 23.1 Å². The second-order valence-corrected chi connectivity index (χ2v) is 7.35. The molecule has 1 amide bonds. The van der Waals surface area contributed by atoms with Crippen LogP contribution in [0.15, 0.2) is 48.2 Å². The van der Waals surface area contributed by atoms with Crippen LogP contribution in [0, 0.1) is 6.92 Å². The first-order valence-electron chi connectivity index (χ1n) is 9.71. The Morgan fingerprint density at radius 1 is 1.13 bits per heavy atom. The lowest BCUT2D eigenvalue weighted by atomic mass is 10.1. The first kappa shape index (κ1) is 21.8. The van der Waals surface area contributed by atoms with Gasteiger partial charge in [-0.2, -0.15) is 0 Å². The van der Waals surface area contributed by atoms with Crippen molar-refractivity contribution in [1.29, 1.82) is 0 Å². The molecule has 1 aliphatic heterocycles. The van der Waals surface area contributed by atoms with Crippen LogP contribution in [-0.4, -0.2) is 43.3 Å². The van der Waals surface area contributed by atoms with Gasteiger partial charge in [0, 0.05) is 25.8 Å². The van der Waals surface area contributed by atoms with E-state index in [0.29, 0.717) is 30.6 Å². The maximum Gasteiger partial charge on any atom is 0.276 e. The van der Waals surface area contributed by atoms with Crippen LogP contribution in [0.5, 0.6) is 11.5 Å². The number of carbonyl (C=O) groups is 1. The molecule has 3 rings (SSSR count). The third-order valence-corrected chi connectivity index (χ3v) is 5.05. The summed E-state index contributed by atoms with van der Waals surface area (Å²) in [5, 5.41) is 3.42. The molecule has 0 atom stereocenters. The summed E-state index contributed by atoms with van der Waals surface area (Å²) in [7, 11) is 3.26.